The quantitative estimate of drug-likeness (QED) is 0.491. The topological polar surface area (TPSA) is 34.1 Å². The lowest BCUT2D eigenvalue weighted by Gasteiger charge is -2.18. The van der Waals surface area contributed by atoms with Gasteiger partial charge in [0.1, 0.15) is 5.69 Å². The summed E-state index contributed by atoms with van der Waals surface area (Å²) in [6.45, 7) is 3.00. The average molecular weight is 428 g/mol. The Labute approximate surface area is 181 Å². The Morgan fingerprint density at radius 3 is 2.32 bits per heavy atom. The second-order valence-corrected chi connectivity index (χ2v) is 7.66. The van der Waals surface area contributed by atoms with Crippen molar-refractivity contribution in [2.24, 2.45) is 0 Å². The first kappa shape index (κ1) is 23.0. The SMILES string of the molecule is COC[C@H](Cc1ccccc1)NCCc1cc(-c2ccc(C)cc2)nc(C(F)(F)F)c1. The Bertz CT molecular complexity index is 957. The number of hydrogen-bond acceptors (Lipinski definition) is 3. The summed E-state index contributed by atoms with van der Waals surface area (Å²) < 4.78 is 45.6. The largest absolute Gasteiger partial charge is 0.433 e. The maximum atomic E-state index is 13.4. The molecular formula is C25H27F3N2O. The predicted octanol–water partition coefficient (Wildman–Crippen LogP) is 5.47. The van der Waals surface area contributed by atoms with Crippen LogP contribution in [0.2, 0.25) is 0 Å². The molecule has 0 saturated heterocycles. The minimum Gasteiger partial charge on any atom is -0.383 e. The van der Waals surface area contributed by atoms with Gasteiger partial charge in [0.05, 0.1) is 12.3 Å². The third-order valence-corrected chi connectivity index (χ3v) is 5.06. The maximum Gasteiger partial charge on any atom is 0.433 e. The highest BCUT2D eigenvalue weighted by molar-refractivity contribution is 5.60. The van der Waals surface area contributed by atoms with Gasteiger partial charge in [-0.05, 0) is 49.6 Å². The van der Waals surface area contributed by atoms with Crippen LogP contribution in [0.5, 0.6) is 0 Å². The number of aryl methyl sites for hydroxylation is 1. The van der Waals surface area contributed by atoms with Crippen molar-refractivity contribution in [3.8, 4) is 11.3 Å². The van der Waals surface area contributed by atoms with Crippen molar-refractivity contribution in [2.45, 2.75) is 32.0 Å². The van der Waals surface area contributed by atoms with E-state index in [0.717, 1.165) is 18.1 Å². The first-order valence-electron chi connectivity index (χ1n) is 10.3. The molecule has 1 atom stereocenters. The zero-order chi connectivity index (χ0) is 22.3. The lowest BCUT2D eigenvalue weighted by atomic mass is 10.0. The van der Waals surface area contributed by atoms with Crippen LogP contribution in [0.4, 0.5) is 13.2 Å². The fourth-order valence-electron chi connectivity index (χ4n) is 3.46. The van der Waals surface area contributed by atoms with Gasteiger partial charge in [-0.25, -0.2) is 4.98 Å². The number of ether oxygens (including phenoxy) is 1. The molecule has 1 heterocycles. The predicted molar refractivity (Wildman–Crippen MR) is 117 cm³/mol. The van der Waals surface area contributed by atoms with Crippen LogP contribution in [0.1, 0.15) is 22.4 Å². The van der Waals surface area contributed by atoms with Gasteiger partial charge in [0.25, 0.3) is 0 Å². The summed E-state index contributed by atoms with van der Waals surface area (Å²) in [6, 6.07) is 20.3. The highest BCUT2D eigenvalue weighted by Crippen LogP contribution is 2.31. The second-order valence-electron chi connectivity index (χ2n) is 7.66. The van der Waals surface area contributed by atoms with Gasteiger partial charge < -0.3 is 10.1 Å². The van der Waals surface area contributed by atoms with Crippen LogP contribution >= 0.6 is 0 Å². The van der Waals surface area contributed by atoms with Crippen LogP contribution in [0, 0.1) is 6.92 Å². The number of methoxy groups -OCH3 is 1. The number of halogens is 3. The number of nitrogens with zero attached hydrogens (tertiary/aromatic N) is 1. The summed E-state index contributed by atoms with van der Waals surface area (Å²) in [7, 11) is 1.64. The van der Waals surface area contributed by atoms with Crippen LogP contribution in [0.3, 0.4) is 0 Å². The van der Waals surface area contributed by atoms with Crippen LogP contribution < -0.4 is 5.32 Å². The number of pyridine rings is 1. The van der Waals surface area contributed by atoms with E-state index in [1.807, 2.05) is 37.3 Å². The molecule has 164 valence electrons. The second kappa shape index (κ2) is 10.6. The number of benzene rings is 2. The lowest BCUT2D eigenvalue weighted by molar-refractivity contribution is -0.141. The molecule has 0 unspecified atom stereocenters. The lowest BCUT2D eigenvalue weighted by Crippen LogP contribution is -2.36. The molecule has 2 aromatic carbocycles. The molecule has 0 spiro atoms. The van der Waals surface area contributed by atoms with E-state index >= 15 is 0 Å². The standard InChI is InChI=1S/C25H27F3N2O/c1-18-8-10-21(11-9-18)23-15-20(16-24(30-23)25(26,27)28)12-13-29-22(17-31-2)14-19-6-4-3-5-7-19/h3-11,15-16,22,29H,12-14,17H2,1-2H3/t22-/m0/s1. The summed E-state index contributed by atoms with van der Waals surface area (Å²) in [4.78, 5) is 3.87. The molecule has 3 rings (SSSR count). The van der Waals surface area contributed by atoms with Crippen molar-refractivity contribution >= 4 is 0 Å². The molecule has 0 radical (unpaired) electrons. The molecule has 0 saturated carbocycles. The van der Waals surface area contributed by atoms with E-state index in [1.165, 1.54) is 5.56 Å². The number of rotatable bonds is 9. The fraction of sp³-hybridized carbons (Fsp3) is 0.320. The monoisotopic (exact) mass is 428 g/mol. The first-order chi connectivity index (χ1) is 14.8. The van der Waals surface area contributed by atoms with Crippen LogP contribution in [-0.2, 0) is 23.8 Å². The summed E-state index contributed by atoms with van der Waals surface area (Å²) in [5, 5.41) is 3.42. The zero-order valence-electron chi connectivity index (χ0n) is 17.7. The third kappa shape index (κ3) is 6.91. The van der Waals surface area contributed by atoms with E-state index in [1.54, 1.807) is 25.3 Å². The van der Waals surface area contributed by atoms with Crippen molar-refractivity contribution in [3.05, 3.63) is 89.1 Å². The Kier molecular flexibility index (Phi) is 7.82. The number of nitrogens with one attached hydrogen (secondary N) is 1. The summed E-state index contributed by atoms with van der Waals surface area (Å²) >= 11 is 0. The van der Waals surface area contributed by atoms with Gasteiger partial charge in [-0.15, -0.1) is 0 Å². The molecule has 3 nitrogen and oxygen atoms in total. The van der Waals surface area contributed by atoms with E-state index in [-0.39, 0.29) is 6.04 Å². The minimum absolute atomic E-state index is 0.0768. The molecule has 0 aliphatic rings. The molecule has 3 aromatic rings. The van der Waals surface area contributed by atoms with E-state index in [4.69, 9.17) is 4.74 Å². The first-order valence-corrected chi connectivity index (χ1v) is 10.3. The number of aromatic nitrogens is 1. The zero-order valence-corrected chi connectivity index (χ0v) is 17.7. The molecule has 1 aromatic heterocycles. The third-order valence-electron chi connectivity index (χ3n) is 5.06. The normalized spacial score (nSPS) is 12.7. The van der Waals surface area contributed by atoms with E-state index in [0.29, 0.717) is 36.4 Å². The van der Waals surface area contributed by atoms with Crippen molar-refractivity contribution in [1.29, 1.82) is 0 Å². The van der Waals surface area contributed by atoms with Gasteiger partial charge in [-0.3, -0.25) is 0 Å². The van der Waals surface area contributed by atoms with Gasteiger partial charge in [0, 0.05) is 18.7 Å². The van der Waals surface area contributed by atoms with Crippen molar-refractivity contribution in [2.75, 3.05) is 20.3 Å². The summed E-state index contributed by atoms with van der Waals surface area (Å²) in [5.41, 5.74) is 2.97. The molecule has 0 aliphatic heterocycles. The van der Waals surface area contributed by atoms with Gasteiger partial charge in [0.15, 0.2) is 0 Å². The molecule has 1 N–H and O–H groups in total. The van der Waals surface area contributed by atoms with Gasteiger partial charge in [-0.1, -0.05) is 60.2 Å². The van der Waals surface area contributed by atoms with E-state index in [9.17, 15) is 13.2 Å². The van der Waals surface area contributed by atoms with Gasteiger partial charge in [0.2, 0.25) is 0 Å². The van der Waals surface area contributed by atoms with Gasteiger partial charge >= 0.3 is 6.18 Å². The average Bonchev–Trinajstić information content (AvgIpc) is 2.74. The van der Waals surface area contributed by atoms with Crippen LogP contribution in [0.15, 0.2) is 66.7 Å². The molecule has 0 fully saturated rings. The number of hydrogen-bond donors (Lipinski definition) is 1. The molecule has 0 amide bonds. The highest BCUT2D eigenvalue weighted by Gasteiger charge is 2.33. The molecule has 31 heavy (non-hydrogen) atoms. The Hall–Kier alpha value is -2.70. The minimum atomic E-state index is -4.49. The Morgan fingerprint density at radius 1 is 0.968 bits per heavy atom. The molecule has 6 heteroatoms. The Balaban J connectivity index is 1.73. The Morgan fingerprint density at radius 2 is 1.68 bits per heavy atom. The fourth-order valence-corrected chi connectivity index (χ4v) is 3.46. The van der Waals surface area contributed by atoms with Crippen molar-refractivity contribution in [1.82, 2.24) is 10.3 Å². The van der Waals surface area contributed by atoms with Crippen molar-refractivity contribution in [3.63, 3.8) is 0 Å². The number of alkyl halides is 3. The van der Waals surface area contributed by atoms with Crippen LogP contribution in [-0.4, -0.2) is 31.3 Å². The maximum absolute atomic E-state index is 13.4. The van der Waals surface area contributed by atoms with Crippen molar-refractivity contribution < 1.29 is 17.9 Å². The summed E-state index contributed by atoms with van der Waals surface area (Å²) in [5.74, 6) is 0. The van der Waals surface area contributed by atoms with E-state index in [2.05, 4.69) is 22.4 Å². The smallest absolute Gasteiger partial charge is 0.383 e. The van der Waals surface area contributed by atoms with Gasteiger partial charge in [-0.2, -0.15) is 13.2 Å². The van der Waals surface area contributed by atoms with E-state index < -0.39 is 11.9 Å². The van der Waals surface area contributed by atoms with Crippen LogP contribution in [0.25, 0.3) is 11.3 Å². The molecule has 0 aliphatic carbocycles. The molecular weight excluding hydrogens is 401 g/mol. The summed E-state index contributed by atoms with van der Waals surface area (Å²) in [6.07, 6.45) is -3.25. The molecule has 0 bridgehead atoms. The highest BCUT2D eigenvalue weighted by atomic mass is 19.4.